The van der Waals surface area contributed by atoms with Crippen molar-refractivity contribution >= 4 is 5.91 Å². The highest BCUT2D eigenvalue weighted by atomic mass is 19.2. The van der Waals surface area contributed by atoms with E-state index in [1.807, 2.05) is 6.07 Å². The van der Waals surface area contributed by atoms with Gasteiger partial charge in [-0.2, -0.15) is 5.10 Å². The maximum absolute atomic E-state index is 13.2. The molecule has 128 valence electrons. The summed E-state index contributed by atoms with van der Waals surface area (Å²) in [5, 5.41) is 10.3. The molecular formula is C17H20F2N4O. The molecule has 2 heterocycles. The molecule has 0 aliphatic carbocycles. The molecule has 0 radical (unpaired) electrons. The standard InChI is InChI=1S/C17H20F2N4O/c18-14-4-3-12(8-15(14)19)9-21-17(24)11-23-16(5-7-22-23)13-2-1-6-20-10-13/h3-5,7-8,13,20H,1-2,6,9-11H2,(H,21,24). The fourth-order valence-corrected chi connectivity index (χ4v) is 2.97. The van der Waals surface area contributed by atoms with Crippen LogP contribution in [-0.4, -0.2) is 28.8 Å². The number of amides is 1. The molecule has 1 aromatic carbocycles. The first-order valence-electron chi connectivity index (χ1n) is 8.06. The van der Waals surface area contributed by atoms with Gasteiger partial charge < -0.3 is 10.6 Å². The second kappa shape index (κ2) is 7.53. The van der Waals surface area contributed by atoms with E-state index < -0.39 is 11.6 Å². The van der Waals surface area contributed by atoms with E-state index >= 15 is 0 Å². The third kappa shape index (κ3) is 3.97. The van der Waals surface area contributed by atoms with Gasteiger partial charge in [0.1, 0.15) is 6.54 Å². The van der Waals surface area contributed by atoms with Crippen molar-refractivity contribution in [2.45, 2.75) is 31.8 Å². The first-order chi connectivity index (χ1) is 11.6. The van der Waals surface area contributed by atoms with Gasteiger partial charge in [0.15, 0.2) is 11.6 Å². The molecular weight excluding hydrogens is 314 g/mol. The van der Waals surface area contributed by atoms with Crippen LogP contribution in [0.25, 0.3) is 0 Å². The lowest BCUT2D eigenvalue weighted by atomic mass is 9.96. The van der Waals surface area contributed by atoms with E-state index in [1.54, 1.807) is 10.9 Å². The van der Waals surface area contributed by atoms with Crippen molar-refractivity contribution in [1.82, 2.24) is 20.4 Å². The summed E-state index contributed by atoms with van der Waals surface area (Å²) in [6.07, 6.45) is 3.89. The molecule has 1 atom stereocenters. The summed E-state index contributed by atoms with van der Waals surface area (Å²) in [6.45, 7) is 2.18. The zero-order valence-corrected chi connectivity index (χ0v) is 13.3. The molecule has 1 aliphatic rings. The van der Waals surface area contributed by atoms with Crippen LogP contribution in [0.2, 0.25) is 0 Å². The summed E-state index contributed by atoms with van der Waals surface area (Å²) in [6, 6.07) is 5.53. The van der Waals surface area contributed by atoms with E-state index in [0.717, 1.165) is 43.8 Å². The monoisotopic (exact) mass is 334 g/mol. The Labute approximate surface area is 139 Å². The molecule has 3 rings (SSSR count). The van der Waals surface area contributed by atoms with Crippen molar-refractivity contribution in [2.75, 3.05) is 13.1 Å². The Morgan fingerprint density at radius 1 is 1.33 bits per heavy atom. The van der Waals surface area contributed by atoms with Crippen molar-refractivity contribution in [2.24, 2.45) is 0 Å². The fourth-order valence-electron chi connectivity index (χ4n) is 2.97. The summed E-state index contributed by atoms with van der Waals surface area (Å²) >= 11 is 0. The number of hydrogen-bond donors (Lipinski definition) is 2. The second-order valence-corrected chi connectivity index (χ2v) is 5.98. The largest absolute Gasteiger partial charge is 0.350 e. The van der Waals surface area contributed by atoms with Gasteiger partial charge in [-0.15, -0.1) is 0 Å². The predicted molar refractivity (Wildman–Crippen MR) is 85.3 cm³/mol. The number of nitrogens with zero attached hydrogens (tertiary/aromatic N) is 2. The van der Waals surface area contributed by atoms with Crippen LogP contribution in [0.5, 0.6) is 0 Å². The van der Waals surface area contributed by atoms with Crippen molar-refractivity contribution in [3.8, 4) is 0 Å². The Morgan fingerprint density at radius 3 is 2.96 bits per heavy atom. The number of halogens is 2. The molecule has 0 bridgehead atoms. The lowest BCUT2D eigenvalue weighted by molar-refractivity contribution is -0.122. The van der Waals surface area contributed by atoms with Crippen molar-refractivity contribution in [3.63, 3.8) is 0 Å². The summed E-state index contributed by atoms with van der Waals surface area (Å²) in [7, 11) is 0. The smallest absolute Gasteiger partial charge is 0.242 e. The zero-order chi connectivity index (χ0) is 16.9. The Hall–Kier alpha value is -2.28. The minimum absolute atomic E-state index is 0.114. The normalized spacial score (nSPS) is 17.7. The van der Waals surface area contributed by atoms with Crippen molar-refractivity contribution in [3.05, 3.63) is 53.4 Å². The van der Waals surface area contributed by atoms with E-state index in [9.17, 15) is 13.6 Å². The van der Waals surface area contributed by atoms with Gasteiger partial charge in [0.05, 0.1) is 0 Å². The summed E-state index contributed by atoms with van der Waals surface area (Å²) < 4.78 is 27.8. The van der Waals surface area contributed by atoms with Crippen LogP contribution in [0.3, 0.4) is 0 Å². The molecule has 1 amide bonds. The molecule has 0 saturated carbocycles. The molecule has 1 fully saturated rings. The second-order valence-electron chi connectivity index (χ2n) is 5.98. The summed E-state index contributed by atoms with van der Waals surface area (Å²) in [5.74, 6) is -1.66. The lowest BCUT2D eigenvalue weighted by Crippen LogP contribution is -2.32. The van der Waals surface area contributed by atoms with E-state index in [1.165, 1.54) is 6.07 Å². The van der Waals surface area contributed by atoms with Gasteiger partial charge in [-0.05, 0) is 43.1 Å². The number of carbonyl (C=O) groups is 1. The molecule has 1 unspecified atom stereocenters. The summed E-state index contributed by atoms with van der Waals surface area (Å²) in [4.78, 5) is 12.1. The minimum atomic E-state index is -0.916. The fraction of sp³-hybridized carbons (Fsp3) is 0.412. The lowest BCUT2D eigenvalue weighted by Gasteiger charge is -2.23. The number of piperidine rings is 1. The van der Waals surface area contributed by atoms with E-state index in [0.29, 0.717) is 11.5 Å². The van der Waals surface area contributed by atoms with Gasteiger partial charge >= 0.3 is 0 Å². The number of carbonyl (C=O) groups excluding carboxylic acids is 1. The maximum atomic E-state index is 13.2. The van der Waals surface area contributed by atoms with Gasteiger partial charge in [-0.3, -0.25) is 9.48 Å². The highest BCUT2D eigenvalue weighted by molar-refractivity contribution is 5.75. The molecule has 2 N–H and O–H groups in total. The van der Waals surface area contributed by atoms with E-state index in [-0.39, 0.29) is 19.0 Å². The number of hydrogen-bond acceptors (Lipinski definition) is 3. The zero-order valence-electron chi connectivity index (χ0n) is 13.3. The van der Waals surface area contributed by atoms with Crippen molar-refractivity contribution in [1.29, 1.82) is 0 Å². The third-order valence-corrected chi connectivity index (χ3v) is 4.23. The van der Waals surface area contributed by atoms with Crippen LogP contribution < -0.4 is 10.6 Å². The van der Waals surface area contributed by atoms with Crippen molar-refractivity contribution < 1.29 is 13.6 Å². The van der Waals surface area contributed by atoms with Gasteiger partial charge in [0.25, 0.3) is 0 Å². The van der Waals surface area contributed by atoms with Crippen LogP contribution in [0, 0.1) is 11.6 Å². The Kier molecular flexibility index (Phi) is 5.20. The van der Waals surface area contributed by atoms with E-state index in [2.05, 4.69) is 15.7 Å². The van der Waals surface area contributed by atoms with Gasteiger partial charge in [0, 0.05) is 30.9 Å². The Bertz CT molecular complexity index is 710. The molecule has 7 heteroatoms. The predicted octanol–water partition coefficient (Wildman–Crippen LogP) is 1.94. The molecule has 5 nitrogen and oxygen atoms in total. The first-order valence-corrected chi connectivity index (χ1v) is 8.06. The maximum Gasteiger partial charge on any atom is 0.242 e. The molecule has 24 heavy (non-hydrogen) atoms. The number of nitrogens with one attached hydrogen (secondary N) is 2. The number of benzene rings is 1. The molecule has 2 aromatic rings. The van der Waals surface area contributed by atoms with E-state index in [4.69, 9.17) is 0 Å². The quantitative estimate of drug-likeness (QED) is 0.879. The highest BCUT2D eigenvalue weighted by Crippen LogP contribution is 2.22. The average Bonchev–Trinajstić information content (AvgIpc) is 3.05. The summed E-state index contributed by atoms with van der Waals surface area (Å²) in [5.41, 5.74) is 1.56. The van der Waals surface area contributed by atoms with Gasteiger partial charge in [-0.1, -0.05) is 6.07 Å². The Balaban J connectivity index is 1.57. The minimum Gasteiger partial charge on any atom is -0.350 e. The van der Waals surface area contributed by atoms with Crippen LogP contribution in [0.4, 0.5) is 8.78 Å². The molecule has 1 saturated heterocycles. The topological polar surface area (TPSA) is 59.0 Å². The number of rotatable bonds is 5. The molecule has 1 aromatic heterocycles. The van der Waals surface area contributed by atoms with Crippen LogP contribution in [-0.2, 0) is 17.9 Å². The average molecular weight is 334 g/mol. The van der Waals surface area contributed by atoms with Gasteiger partial charge in [-0.25, -0.2) is 8.78 Å². The number of aromatic nitrogens is 2. The van der Waals surface area contributed by atoms with Crippen LogP contribution in [0.1, 0.15) is 30.0 Å². The SMILES string of the molecule is O=C(Cn1nccc1C1CCCNC1)NCc1ccc(F)c(F)c1. The highest BCUT2D eigenvalue weighted by Gasteiger charge is 2.19. The molecule has 0 spiro atoms. The molecule has 1 aliphatic heterocycles. The van der Waals surface area contributed by atoms with Gasteiger partial charge in [0.2, 0.25) is 5.91 Å². The third-order valence-electron chi connectivity index (χ3n) is 4.23. The van der Waals surface area contributed by atoms with Crippen LogP contribution in [0.15, 0.2) is 30.5 Å². The first kappa shape index (κ1) is 16.6. The van der Waals surface area contributed by atoms with Crippen LogP contribution >= 0.6 is 0 Å². The Morgan fingerprint density at radius 2 is 2.21 bits per heavy atom.